The van der Waals surface area contributed by atoms with Crippen LogP contribution in [0.5, 0.6) is 0 Å². The van der Waals surface area contributed by atoms with Gasteiger partial charge in [-0.15, -0.1) is 0 Å². The van der Waals surface area contributed by atoms with Crippen LogP contribution in [0, 0.1) is 0 Å². The topological polar surface area (TPSA) is 53.2 Å². The number of hydrogen-bond acceptors (Lipinski definition) is 3. The van der Waals surface area contributed by atoms with Crippen LogP contribution in [-0.2, 0) is 22.6 Å². The zero-order valence-electron chi connectivity index (χ0n) is 12.0. The molecule has 2 rings (SSSR count). The Bertz CT molecular complexity index is 655. The first-order chi connectivity index (χ1) is 9.69. The van der Waals surface area contributed by atoms with Gasteiger partial charge in [0.15, 0.2) is 0 Å². The van der Waals surface area contributed by atoms with Crippen LogP contribution >= 0.6 is 0 Å². The lowest BCUT2D eigenvalue weighted by Gasteiger charge is -2.04. The summed E-state index contributed by atoms with van der Waals surface area (Å²) >= 11 is 0. The molecule has 0 fully saturated rings. The fourth-order valence-corrected chi connectivity index (χ4v) is 2.24. The Labute approximate surface area is 117 Å². The van der Waals surface area contributed by atoms with Crippen LogP contribution in [0.2, 0.25) is 0 Å². The van der Waals surface area contributed by atoms with Gasteiger partial charge in [0.05, 0.1) is 17.6 Å². The van der Waals surface area contributed by atoms with Crippen molar-refractivity contribution in [2.45, 2.75) is 39.8 Å². The van der Waals surface area contributed by atoms with Crippen molar-refractivity contribution in [3.05, 3.63) is 34.7 Å². The molecular formula is C15H20N2O3. The quantitative estimate of drug-likeness (QED) is 0.600. The molecule has 2 aromatic rings. The zero-order valence-corrected chi connectivity index (χ0v) is 12.0. The van der Waals surface area contributed by atoms with Crippen molar-refractivity contribution >= 4 is 17.0 Å². The average molecular weight is 276 g/mol. The van der Waals surface area contributed by atoms with Crippen LogP contribution < -0.4 is 5.69 Å². The van der Waals surface area contributed by atoms with E-state index in [0.717, 1.165) is 23.9 Å². The van der Waals surface area contributed by atoms with Crippen molar-refractivity contribution in [3.63, 3.8) is 0 Å². The Morgan fingerprint density at radius 1 is 1.15 bits per heavy atom. The van der Waals surface area contributed by atoms with E-state index in [-0.39, 0.29) is 18.2 Å². The summed E-state index contributed by atoms with van der Waals surface area (Å²) in [6.07, 6.45) is 1.82. The maximum Gasteiger partial charge on any atom is 0.329 e. The molecule has 5 heteroatoms. The highest BCUT2D eigenvalue weighted by molar-refractivity contribution is 5.78. The second kappa shape index (κ2) is 6.41. The number of carbonyl (C=O) groups is 1. The largest absolute Gasteiger partial charge is 0.464 e. The van der Waals surface area contributed by atoms with Gasteiger partial charge in [-0.3, -0.25) is 13.9 Å². The van der Waals surface area contributed by atoms with E-state index < -0.39 is 0 Å². The molecular weight excluding hydrogens is 256 g/mol. The molecule has 0 aliphatic heterocycles. The smallest absolute Gasteiger partial charge is 0.329 e. The number of aryl methyl sites for hydroxylation is 1. The molecule has 0 radical (unpaired) electrons. The zero-order chi connectivity index (χ0) is 14.5. The average Bonchev–Trinajstić information content (AvgIpc) is 2.72. The van der Waals surface area contributed by atoms with E-state index in [2.05, 4.69) is 0 Å². The highest BCUT2D eigenvalue weighted by Crippen LogP contribution is 2.12. The number of nitrogens with zero attached hydrogens (tertiary/aromatic N) is 2. The minimum atomic E-state index is -0.362. The van der Waals surface area contributed by atoms with Gasteiger partial charge in [0.2, 0.25) is 0 Å². The van der Waals surface area contributed by atoms with Crippen LogP contribution in [0.4, 0.5) is 0 Å². The Morgan fingerprint density at radius 3 is 2.40 bits per heavy atom. The summed E-state index contributed by atoms with van der Waals surface area (Å²) < 4.78 is 8.27. The standard InChI is InChI=1S/C15H20N2O3/c1-3-5-10-20-14(18)11-17-13-9-7-6-8-12(13)16(4-2)15(17)19/h6-9H,3-5,10-11H2,1-2H3. The Hall–Kier alpha value is -2.04. The number of para-hydroxylation sites is 2. The molecule has 0 aliphatic carbocycles. The normalized spacial score (nSPS) is 10.9. The van der Waals surface area contributed by atoms with Crippen LogP contribution in [0.3, 0.4) is 0 Å². The lowest BCUT2D eigenvalue weighted by molar-refractivity contribution is -0.144. The fraction of sp³-hybridized carbons (Fsp3) is 0.467. The molecule has 0 saturated carbocycles. The molecule has 108 valence electrons. The molecule has 0 amide bonds. The molecule has 0 unspecified atom stereocenters. The molecule has 0 aliphatic rings. The van der Waals surface area contributed by atoms with E-state index in [1.165, 1.54) is 4.57 Å². The second-order valence-electron chi connectivity index (χ2n) is 4.68. The Kier molecular flexibility index (Phi) is 4.61. The van der Waals surface area contributed by atoms with Gasteiger partial charge in [-0.1, -0.05) is 25.5 Å². The monoisotopic (exact) mass is 276 g/mol. The summed E-state index contributed by atoms with van der Waals surface area (Å²) in [4.78, 5) is 24.1. The van der Waals surface area contributed by atoms with E-state index in [4.69, 9.17) is 4.74 Å². The lowest BCUT2D eigenvalue weighted by atomic mass is 10.3. The maximum atomic E-state index is 12.3. The third-order valence-electron chi connectivity index (χ3n) is 3.29. The summed E-state index contributed by atoms with van der Waals surface area (Å²) in [6, 6.07) is 7.49. The van der Waals surface area contributed by atoms with Gasteiger partial charge in [-0.25, -0.2) is 4.79 Å². The van der Waals surface area contributed by atoms with Gasteiger partial charge in [0.1, 0.15) is 6.54 Å². The van der Waals surface area contributed by atoms with Gasteiger partial charge < -0.3 is 4.74 Å². The van der Waals surface area contributed by atoms with E-state index in [1.807, 2.05) is 38.1 Å². The number of rotatable bonds is 6. The number of imidazole rings is 1. The maximum absolute atomic E-state index is 12.3. The van der Waals surface area contributed by atoms with Crippen LogP contribution in [-0.4, -0.2) is 21.7 Å². The van der Waals surface area contributed by atoms with Crippen molar-refractivity contribution < 1.29 is 9.53 Å². The van der Waals surface area contributed by atoms with Crippen molar-refractivity contribution in [1.29, 1.82) is 0 Å². The van der Waals surface area contributed by atoms with Crippen molar-refractivity contribution in [1.82, 2.24) is 9.13 Å². The third-order valence-corrected chi connectivity index (χ3v) is 3.29. The first-order valence-electron chi connectivity index (χ1n) is 7.02. The molecule has 20 heavy (non-hydrogen) atoms. The van der Waals surface area contributed by atoms with E-state index in [9.17, 15) is 9.59 Å². The first kappa shape index (κ1) is 14.4. The molecule has 0 saturated heterocycles. The molecule has 0 spiro atoms. The lowest BCUT2D eigenvalue weighted by Crippen LogP contribution is -2.27. The minimum absolute atomic E-state index is 0.0317. The third kappa shape index (κ3) is 2.76. The number of esters is 1. The van der Waals surface area contributed by atoms with E-state index >= 15 is 0 Å². The summed E-state index contributed by atoms with van der Waals surface area (Å²) in [5.41, 5.74) is 1.45. The molecule has 1 heterocycles. The highest BCUT2D eigenvalue weighted by Gasteiger charge is 2.14. The number of fused-ring (bicyclic) bond motifs is 1. The highest BCUT2D eigenvalue weighted by atomic mass is 16.5. The van der Waals surface area contributed by atoms with Crippen LogP contribution in [0.1, 0.15) is 26.7 Å². The van der Waals surface area contributed by atoms with Gasteiger partial charge in [-0.2, -0.15) is 0 Å². The SMILES string of the molecule is CCCCOC(=O)Cn1c(=O)n(CC)c2ccccc21. The number of aromatic nitrogens is 2. The van der Waals surface area contributed by atoms with Crippen molar-refractivity contribution in [2.75, 3.05) is 6.61 Å². The summed E-state index contributed by atoms with van der Waals surface area (Å²) in [6.45, 7) is 4.91. The molecule has 0 atom stereocenters. The number of unbranched alkanes of at least 4 members (excludes halogenated alkanes) is 1. The number of ether oxygens (including phenoxy) is 1. The number of benzene rings is 1. The van der Waals surface area contributed by atoms with Crippen molar-refractivity contribution in [2.24, 2.45) is 0 Å². The predicted octanol–water partition coefficient (Wildman–Crippen LogP) is 2.17. The molecule has 5 nitrogen and oxygen atoms in total. The predicted molar refractivity (Wildman–Crippen MR) is 77.7 cm³/mol. The van der Waals surface area contributed by atoms with Gasteiger partial charge in [-0.05, 0) is 25.5 Å². The molecule has 1 aromatic carbocycles. The molecule has 0 N–H and O–H groups in total. The van der Waals surface area contributed by atoms with E-state index in [0.29, 0.717) is 13.2 Å². The summed E-state index contributed by atoms with van der Waals surface area (Å²) in [5.74, 6) is -0.362. The van der Waals surface area contributed by atoms with E-state index in [1.54, 1.807) is 4.57 Å². The summed E-state index contributed by atoms with van der Waals surface area (Å²) in [5, 5.41) is 0. The number of carbonyl (C=O) groups excluding carboxylic acids is 1. The number of hydrogen-bond donors (Lipinski definition) is 0. The van der Waals surface area contributed by atoms with Crippen LogP contribution in [0.15, 0.2) is 29.1 Å². The van der Waals surface area contributed by atoms with Gasteiger partial charge >= 0.3 is 11.7 Å². The van der Waals surface area contributed by atoms with Gasteiger partial charge in [0.25, 0.3) is 0 Å². The van der Waals surface area contributed by atoms with Crippen LogP contribution in [0.25, 0.3) is 11.0 Å². The second-order valence-corrected chi connectivity index (χ2v) is 4.68. The first-order valence-corrected chi connectivity index (χ1v) is 7.02. The minimum Gasteiger partial charge on any atom is -0.464 e. The Morgan fingerprint density at radius 2 is 1.80 bits per heavy atom. The Balaban J connectivity index is 2.28. The van der Waals surface area contributed by atoms with Crippen molar-refractivity contribution in [3.8, 4) is 0 Å². The molecule has 0 bridgehead atoms. The van der Waals surface area contributed by atoms with Gasteiger partial charge in [0, 0.05) is 6.54 Å². The molecule has 1 aromatic heterocycles. The summed E-state index contributed by atoms with van der Waals surface area (Å²) in [7, 11) is 0. The fourth-order valence-electron chi connectivity index (χ4n) is 2.24.